The standard InChI is InChI=1S/C28H33ClN6O5/c1-14(2)40-28(39)35-12-17-10-34(11-18(17)13-35)27-32-23-19(8-15(3)9-20(23)25(36)33(27)5)16(4)30-21-6-7-22(29)31-24(21)26(37)38/h6-9,14,16-18,30H,10-13H2,1-5H3,(H,37,38)/t16-,17-,18+/m1/s1. The van der Waals surface area contributed by atoms with Crippen LogP contribution in [0.4, 0.5) is 16.4 Å². The molecule has 4 heterocycles. The first-order chi connectivity index (χ1) is 18.9. The number of hydrogen-bond donors (Lipinski definition) is 2. The Morgan fingerprint density at radius 3 is 2.40 bits per heavy atom. The number of nitrogens with one attached hydrogen (secondary N) is 1. The molecule has 212 valence electrons. The zero-order valence-electron chi connectivity index (χ0n) is 23.1. The molecule has 2 aliphatic rings. The molecule has 5 rings (SSSR count). The van der Waals surface area contributed by atoms with Crippen molar-refractivity contribution >= 4 is 46.2 Å². The number of aromatic carboxylic acids is 1. The Hall–Kier alpha value is -3.86. The van der Waals surface area contributed by atoms with Gasteiger partial charge in [-0.05, 0) is 51.5 Å². The lowest BCUT2D eigenvalue weighted by Gasteiger charge is -2.25. The number of carboxylic acid groups (broad SMARTS) is 1. The second kappa shape index (κ2) is 10.6. The molecule has 0 aliphatic carbocycles. The first-order valence-electron chi connectivity index (χ1n) is 13.3. The van der Waals surface area contributed by atoms with E-state index in [0.717, 1.165) is 11.1 Å². The number of aryl methyl sites for hydroxylation is 1. The van der Waals surface area contributed by atoms with E-state index < -0.39 is 12.0 Å². The fraction of sp³-hybridized carbons (Fsp3) is 0.464. The van der Waals surface area contributed by atoms with Crippen LogP contribution in [0.25, 0.3) is 10.9 Å². The number of carbonyl (C=O) groups is 2. The highest BCUT2D eigenvalue weighted by atomic mass is 35.5. The van der Waals surface area contributed by atoms with E-state index in [1.165, 1.54) is 6.07 Å². The molecule has 2 N–H and O–H groups in total. The van der Waals surface area contributed by atoms with Crippen LogP contribution in [0.1, 0.15) is 48.4 Å². The van der Waals surface area contributed by atoms with Crippen molar-refractivity contribution in [3.8, 4) is 0 Å². The lowest BCUT2D eigenvalue weighted by molar-refractivity contribution is 0.0691. The summed E-state index contributed by atoms with van der Waals surface area (Å²) in [5.41, 5.74) is 2.19. The van der Waals surface area contributed by atoms with Crippen LogP contribution in [-0.4, -0.2) is 68.9 Å². The van der Waals surface area contributed by atoms with E-state index >= 15 is 0 Å². The SMILES string of the molecule is Cc1cc([C@@H](C)Nc2ccc(Cl)nc2C(=O)O)c2nc(N3C[C@H]4CN(C(=O)OC(C)C)C[C@H]4C3)n(C)c(=O)c2c1. The van der Waals surface area contributed by atoms with Crippen molar-refractivity contribution in [1.82, 2.24) is 19.4 Å². The summed E-state index contributed by atoms with van der Waals surface area (Å²) in [6, 6.07) is 6.49. The molecule has 0 bridgehead atoms. The number of rotatable bonds is 6. The molecule has 0 spiro atoms. The second-order valence-corrected chi connectivity index (χ2v) is 11.4. The highest BCUT2D eigenvalue weighted by molar-refractivity contribution is 6.29. The molecule has 12 heteroatoms. The summed E-state index contributed by atoms with van der Waals surface area (Å²) >= 11 is 5.92. The zero-order chi connectivity index (χ0) is 28.9. The summed E-state index contributed by atoms with van der Waals surface area (Å²) in [5.74, 6) is -0.106. The molecule has 3 atom stereocenters. The molecule has 3 aromatic rings. The summed E-state index contributed by atoms with van der Waals surface area (Å²) in [6.45, 7) is 10.1. The number of nitrogens with zero attached hydrogens (tertiary/aromatic N) is 5. The molecule has 2 saturated heterocycles. The summed E-state index contributed by atoms with van der Waals surface area (Å²) in [5, 5.41) is 13.4. The third kappa shape index (κ3) is 5.17. The van der Waals surface area contributed by atoms with Gasteiger partial charge in [0.1, 0.15) is 5.15 Å². The van der Waals surface area contributed by atoms with E-state index in [2.05, 4.69) is 15.2 Å². The van der Waals surface area contributed by atoms with Crippen molar-refractivity contribution in [2.45, 2.75) is 39.8 Å². The topological polar surface area (TPSA) is 130 Å². The smallest absolute Gasteiger partial charge is 0.410 e. The summed E-state index contributed by atoms with van der Waals surface area (Å²) < 4.78 is 6.96. The van der Waals surface area contributed by atoms with Gasteiger partial charge >= 0.3 is 12.1 Å². The molecule has 2 fully saturated rings. The number of aromatic nitrogens is 3. The number of fused-ring (bicyclic) bond motifs is 2. The predicted octanol–water partition coefficient (Wildman–Crippen LogP) is 4.07. The Morgan fingerprint density at radius 1 is 1.10 bits per heavy atom. The van der Waals surface area contributed by atoms with Crippen LogP contribution in [0.5, 0.6) is 0 Å². The number of carbonyl (C=O) groups excluding carboxylic acids is 1. The third-order valence-electron chi connectivity index (χ3n) is 7.60. The molecule has 0 unspecified atom stereocenters. The normalized spacial score (nSPS) is 19.3. The molecule has 0 radical (unpaired) electrons. The van der Waals surface area contributed by atoms with Crippen LogP contribution >= 0.6 is 11.6 Å². The van der Waals surface area contributed by atoms with Crippen LogP contribution < -0.4 is 15.8 Å². The van der Waals surface area contributed by atoms with Crippen LogP contribution in [-0.2, 0) is 11.8 Å². The van der Waals surface area contributed by atoms with Gasteiger partial charge in [0.25, 0.3) is 5.56 Å². The molecule has 2 aromatic heterocycles. The van der Waals surface area contributed by atoms with E-state index in [1.54, 1.807) is 22.6 Å². The number of ether oxygens (including phenoxy) is 1. The van der Waals surface area contributed by atoms with E-state index in [9.17, 15) is 19.5 Å². The predicted molar refractivity (Wildman–Crippen MR) is 152 cm³/mol. The highest BCUT2D eigenvalue weighted by Gasteiger charge is 2.43. The van der Waals surface area contributed by atoms with Crippen molar-refractivity contribution in [2.75, 3.05) is 36.4 Å². The summed E-state index contributed by atoms with van der Waals surface area (Å²) in [7, 11) is 1.73. The largest absolute Gasteiger partial charge is 0.476 e. The van der Waals surface area contributed by atoms with Gasteiger partial charge in [-0.15, -0.1) is 0 Å². The van der Waals surface area contributed by atoms with E-state index in [-0.39, 0.29) is 40.4 Å². The van der Waals surface area contributed by atoms with Gasteiger partial charge in [0.05, 0.1) is 28.7 Å². The van der Waals surface area contributed by atoms with Gasteiger partial charge in [0.15, 0.2) is 5.69 Å². The number of benzene rings is 1. The number of likely N-dealkylation sites (tertiary alicyclic amines) is 1. The molecule has 2 aliphatic heterocycles. The fourth-order valence-electron chi connectivity index (χ4n) is 5.76. The molecule has 1 amide bonds. The lowest BCUT2D eigenvalue weighted by Crippen LogP contribution is -2.36. The molecule has 0 saturated carbocycles. The molecular weight excluding hydrogens is 536 g/mol. The van der Waals surface area contributed by atoms with Crippen molar-refractivity contribution in [3.63, 3.8) is 0 Å². The maximum absolute atomic E-state index is 13.6. The quantitative estimate of drug-likeness (QED) is 0.422. The average Bonchev–Trinajstić information content (AvgIpc) is 3.46. The number of hydrogen-bond acceptors (Lipinski definition) is 8. The van der Waals surface area contributed by atoms with Gasteiger partial charge in [-0.1, -0.05) is 17.7 Å². The number of carboxylic acids is 1. The summed E-state index contributed by atoms with van der Waals surface area (Å²) in [6.07, 6.45) is -0.447. The molecular formula is C28H33ClN6O5. The molecule has 1 aromatic carbocycles. The Balaban J connectivity index is 1.46. The maximum atomic E-state index is 13.6. The first-order valence-corrected chi connectivity index (χ1v) is 13.7. The Kier molecular flexibility index (Phi) is 7.34. The highest BCUT2D eigenvalue weighted by Crippen LogP contribution is 2.35. The summed E-state index contributed by atoms with van der Waals surface area (Å²) in [4.78, 5) is 50.6. The van der Waals surface area contributed by atoms with Crippen LogP contribution in [0.2, 0.25) is 5.15 Å². The van der Waals surface area contributed by atoms with Gasteiger partial charge in [-0.2, -0.15) is 0 Å². The zero-order valence-corrected chi connectivity index (χ0v) is 23.9. The monoisotopic (exact) mass is 568 g/mol. The number of amides is 1. The minimum atomic E-state index is -1.20. The van der Waals surface area contributed by atoms with Crippen LogP contribution in [0.15, 0.2) is 29.1 Å². The van der Waals surface area contributed by atoms with Crippen molar-refractivity contribution in [3.05, 3.63) is 56.6 Å². The number of pyridine rings is 1. The minimum absolute atomic E-state index is 0.0849. The number of halogens is 1. The Bertz CT molecular complexity index is 1540. The van der Waals surface area contributed by atoms with Gasteiger partial charge in [-0.25, -0.2) is 19.6 Å². The van der Waals surface area contributed by atoms with E-state index in [1.807, 2.05) is 39.8 Å². The Morgan fingerprint density at radius 2 is 1.77 bits per heavy atom. The molecule has 11 nitrogen and oxygen atoms in total. The number of anilines is 2. The van der Waals surface area contributed by atoms with Crippen molar-refractivity contribution in [2.24, 2.45) is 18.9 Å². The third-order valence-corrected chi connectivity index (χ3v) is 7.81. The Labute approximate surface area is 236 Å². The van der Waals surface area contributed by atoms with Crippen molar-refractivity contribution < 1.29 is 19.4 Å². The van der Waals surface area contributed by atoms with Crippen LogP contribution in [0, 0.1) is 18.8 Å². The van der Waals surface area contributed by atoms with Gasteiger partial charge in [0, 0.05) is 50.6 Å². The van der Waals surface area contributed by atoms with Gasteiger partial charge in [-0.3, -0.25) is 9.36 Å². The maximum Gasteiger partial charge on any atom is 0.410 e. The van der Waals surface area contributed by atoms with Crippen LogP contribution in [0.3, 0.4) is 0 Å². The fourth-order valence-corrected chi connectivity index (χ4v) is 5.91. The van der Waals surface area contributed by atoms with Crippen molar-refractivity contribution in [1.29, 1.82) is 0 Å². The van der Waals surface area contributed by atoms with Gasteiger partial charge in [0.2, 0.25) is 5.95 Å². The first kappa shape index (κ1) is 27.7. The minimum Gasteiger partial charge on any atom is -0.476 e. The van der Waals surface area contributed by atoms with E-state index in [0.29, 0.717) is 48.7 Å². The van der Waals surface area contributed by atoms with E-state index in [4.69, 9.17) is 21.3 Å². The van der Waals surface area contributed by atoms with Gasteiger partial charge < -0.3 is 25.0 Å². The second-order valence-electron chi connectivity index (χ2n) is 11.0. The molecule has 40 heavy (non-hydrogen) atoms. The average molecular weight is 569 g/mol. The lowest BCUT2D eigenvalue weighted by atomic mass is 10.0.